The van der Waals surface area contributed by atoms with Crippen molar-refractivity contribution in [3.8, 4) is 0 Å². The first kappa shape index (κ1) is 33.1. The van der Waals surface area contributed by atoms with Crippen LogP contribution >= 0.6 is 23.2 Å². The van der Waals surface area contributed by atoms with Crippen molar-refractivity contribution in [2.45, 2.75) is 37.8 Å². The van der Waals surface area contributed by atoms with Gasteiger partial charge in [-0.15, -0.1) is 0 Å². The maximum Gasteiger partial charge on any atom is 0.264 e. The maximum absolute atomic E-state index is 14.4. The summed E-state index contributed by atoms with van der Waals surface area (Å²) in [6.45, 7) is 3.83. The summed E-state index contributed by atoms with van der Waals surface area (Å²) in [5.41, 5.74) is 1.78. The van der Waals surface area contributed by atoms with Crippen molar-refractivity contribution in [3.05, 3.63) is 130 Å². The van der Waals surface area contributed by atoms with E-state index in [-0.39, 0.29) is 29.7 Å². The molecule has 0 aliphatic rings. The molecule has 0 fully saturated rings. The second-order valence-electron chi connectivity index (χ2n) is 10.8. The minimum Gasteiger partial charge on any atom is -0.354 e. The Kier molecular flexibility index (Phi) is 11.4. The Labute approximate surface area is 269 Å². The number of halogens is 2. The zero-order valence-corrected chi connectivity index (χ0v) is 26.9. The highest BCUT2D eigenvalue weighted by molar-refractivity contribution is 7.92. The molecule has 0 aliphatic carbocycles. The normalized spacial score (nSPS) is 12.0. The second-order valence-corrected chi connectivity index (χ2v) is 13.5. The molecule has 0 saturated carbocycles. The Hall–Kier alpha value is -3.85. The Morgan fingerprint density at radius 3 is 2.00 bits per heavy atom. The van der Waals surface area contributed by atoms with Gasteiger partial charge in [0.15, 0.2) is 0 Å². The second kappa shape index (κ2) is 15.2. The first-order chi connectivity index (χ1) is 21.1. The van der Waals surface area contributed by atoms with Gasteiger partial charge in [0.1, 0.15) is 12.6 Å². The summed E-state index contributed by atoms with van der Waals surface area (Å²) in [7, 11) is -4.21. The summed E-state index contributed by atoms with van der Waals surface area (Å²) < 4.78 is 29.1. The topological polar surface area (TPSA) is 86.8 Å². The number of carbonyl (C=O) groups excluding carboxylic acids is 2. The molecular formula is C34H35Cl2N3O4S. The fourth-order valence-electron chi connectivity index (χ4n) is 4.64. The molecule has 4 aromatic carbocycles. The monoisotopic (exact) mass is 651 g/mol. The lowest BCUT2D eigenvalue weighted by Gasteiger charge is -2.34. The lowest BCUT2D eigenvalue weighted by molar-refractivity contribution is -0.140. The average Bonchev–Trinajstić information content (AvgIpc) is 3.02. The Balaban J connectivity index is 1.79. The summed E-state index contributed by atoms with van der Waals surface area (Å²) in [4.78, 5) is 29.6. The van der Waals surface area contributed by atoms with Crippen LogP contribution in [0.1, 0.15) is 25.0 Å². The Bertz CT molecular complexity index is 1650. The van der Waals surface area contributed by atoms with Crippen LogP contribution in [0.2, 0.25) is 10.0 Å². The number of para-hydroxylation sites is 1. The molecule has 44 heavy (non-hydrogen) atoms. The molecule has 1 N–H and O–H groups in total. The third-order valence-corrected chi connectivity index (χ3v) is 9.39. The molecule has 0 bridgehead atoms. The minimum atomic E-state index is -4.21. The lowest BCUT2D eigenvalue weighted by Crippen LogP contribution is -2.53. The van der Waals surface area contributed by atoms with Crippen molar-refractivity contribution >= 4 is 50.7 Å². The molecule has 0 heterocycles. The smallest absolute Gasteiger partial charge is 0.264 e. The van der Waals surface area contributed by atoms with Crippen molar-refractivity contribution in [2.75, 3.05) is 17.4 Å². The molecule has 0 aliphatic heterocycles. The van der Waals surface area contributed by atoms with Crippen LogP contribution in [0.25, 0.3) is 0 Å². The lowest BCUT2D eigenvalue weighted by atomic mass is 10.0. The van der Waals surface area contributed by atoms with Gasteiger partial charge in [-0.2, -0.15) is 0 Å². The number of hydrogen-bond donors (Lipinski definition) is 1. The van der Waals surface area contributed by atoms with Gasteiger partial charge >= 0.3 is 0 Å². The van der Waals surface area contributed by atoms with E-state index in [0.29, 0.717) is 27.8 Å². The fourth-order valence-corrected chi connectivity index (χ4v) is 6.38. The molecule has 0 saturated heterocycles. The van der Waals surface area contributed by atoms with E-state index in [2.05, 4.69) is 5.32 Å². The number of anilines is 1. The highest BCUT2D eigenvalue weighted by atomic mass is 35.5. The van der Waals surface area contributed by atoms with Crippen LogP contribution in [0.3, 0.4) is 0 Å². The van der Waals surface area contributed by atoms with Gasteiger partial charge in [-0.3, -0.25) is 13.9 Å². The van der Waals surface area contributed by atoms with Crippen LogP contribution in [0, 0.1) is 5.92 Å². The molecule has 0 spiro atoms. The number of nitrogens with one attached hydrogen (secondary N) is 1. The third kappa shape index (κ3) is 8.62. The van der Waals surface area contributed by atoms with Crippen molar-refractivity contribution < 1.29 is 18.0 Å². The maximum atomic E-state index is 14.4. The van der Waals surface area contributed by atoms with E-state index in [1.54, 1.807) is 54.6 Å². The van der Waals surface area contributed by atoms with Gasteiger partial charge in [-0.25, -0.2) is 8.42 Å². The van der Waals surface area contributed by atoms with E-state index >= 15 is 0 Å². The zero-order chi connectivity index (χ0) is 31.7. The number of amides is 2. The van der Waals surface area contributed by atoms with Gasteiger partial charge in [0.25, 0.3) is 10.0 Å². The SMILES string of the molecule is CC(C)CNC(=O)C(Cc1ccccc1)N(Cc1ccccc1Cl)C(=O)CN(c1ccccc1)S(=O)(=O)c1ccc(Cl)cc1. The molecule has 1 unspecified atom stereocenters. The average molecular weight is 653 g/mol. The van der Waals surface area contributed by atoms with E-state index in [4.69, 9.17) is 23.2 Å². The minimum absolute atomic E-state index is 0.00523. The summed E-state index contributed by atoms with van der Waals surface area (Å²) in [6.07, 6.45) is 0.218. The summed E-state index contributed by atoms with van der Waals surface area (Å²) >= 11 is 12.6. The van der Waals surface area contributed by atoms with Crippen LogP contribution < -0.4 is 9.62 Å². The molecule has 10 heteroatoms. The van der Waals surface area contributed by atoms with Crippen molar-refractivity contribution in [1.29, 1.82) is 0 Å². The van der Waals surface area contributed by atoms with E-state index in [1.807, 2.05) is 44.2 Å². The molecule has 0 aromatic heterocycles. The molecule has 230 valence electrons. The molecule has 4 aromatic rings. The van der Waals surface area contributed by atoms with Crippen LogP contribution in [0.15, 0.2) is 114 Å². The highest BCUT2D eigenvalue weighted by Crippen LogP contribution is 2.26. The third-order valence-electron chi connectivity index (χ3n) is 6.98. The highest BCUT2D eigenvalue weighted by Gasteiger charge is 2.34. The van der Waals surface area contributed by atoms with Crippen LogP contribution in [-0.2, 0) is 32.6 Å². The predicted octanol–water partition coefficient (Wildman–Crippen LogP) is 6.60. The Morgan fingerprint density at radius 2 is 1.39 bits per heavy atom. The van der Waals surface area contributed by atoms with E-state index in [0.717, 1.165) is 9.87 Å². The molecule has 7 nitrogen and oxygen atoms in total. The van der Waals surface area contributed by atoms with Gasteiger partial charge < -0.3 is 10.2 Å². The number of sulfonamides is 1. The van der Waals surface area contributed by atoms with Crippen molar-refractivity contribution in [2.24, 2.45) is 5.92 Å². The number of carbonyl (C=O) groups is 2. The summed E-state index contributed by atoms with van der Waals surface area (Å²) in [5.74, 6) is -0.719. The fraction of sp³-hybridized carbons (Fsp3) is 0.235. The van der Waals surface area contributed by atoms with E-state index in [9.17, 15) is 18.0 Å². The summed E-state index contributed by atoms with van der Waals surface area (Å²) in [6, 6.07) is 29.7. The number of benzene rings is 4. The standard InChI is InChI=1S/C34H35Cl2N3O4S/c1-25(2)22-37-34(41)32(21-26-11-5-3-6-12-26)38(23-27-13-9-10-16-31(27)36)33(40)24-39(29-14-7-4-8-15-29)44(42,43)30-19-17-28(35)18-20-30/h3-20,25,32H,21-24H2,1-2H3,(H,37,41). The van der Waals surface area contributed by atoms with Crippen LogP contribution in [0.4, 0.5) is 5.69 Å². The van der Waals surface area contributed by atoms with E-state index in [1.165, 1.54) is 29.2 Å². The predicted molar refractivity (Wildman–Crippen MR) is 176 cm³/mol. The van der Waals surface area contributed by atoms with Gasteiger partial charge in [0, 0.05) is 29.6 Å². The van der Waals surface area contributed by atoms with Gasteiger partial charge in [0.05, 0.1) is 10.6 Å². The molecule has 0 radical (unpaired) electrons. The van der Waals surface area contributed by atoms with Crippen LogP contribution in [0.5, 0.6) is 0 Å². The van der Waals surface area contributed by atoms with Crippen LogP contribution in [-0.4, -0.2) is 44.3 Å². The van der Waals surface area contributed by atoms with Crippen molar-refractivity contribution in [1.82, 2.24) is 10.2 Å². The summed E-state index contributed by atoms with van der Waals surface area (Å²) in [5, 5.41) is 3.79. The van der Waals surface area contributed by atoms with Crippen molar-refractivity contribution in [3.63, 3.8) is 0 Å². The zero-order valence-electron chi connectivity index (χ0n) is 24.6. The van der Waals surface area contributed by atoms with Gasteiger partial charge in [0.2, 0.25) is 11.8 Å². The number of rotatable bonds is 13. The Morgan fingerprint density at radius 1 is 0.795 bits per heavy atom. The molecule has 4 rings (SSSR count). The molecular weight excluding hydrogens is 617 g/mol. The number of nitrogens with zero attached hydrogens (tertiary/aromatic N) is 2. The first-order valence-electron chi connectivity index (χ1n) is 14.2. The quantitative estimate of drug-likeness (QED) is 0.176. The first-order valence-corrected chi connectivity index (χ1v) is 16.4. The molecule has 2 amide bonds. The van der Waals surface area contributed by atoms with Gasteiger partial charge in [-0.1, -0.05) is 104 Å². The number of hydrogen-bond acceptors (Lipinski definition) is 4. The largest absolute Gasteiger partial charge is 0.354 e. The van der Waals surface area contributed by atoms with Gasteiger partial charge in [-0.05, 0) is 59.5 Å². The van der Waals surface area contributed by atoms with E-state index < -0.39 is 28.5 Å². The molecule has 1 atom stereocenters.